The minimum absolute atomic E-state index is 0.259. The van der Waals surface area contributed by atoms with Crippen molar-refractivity contribution in [3.8, 4) is 5.75 Å². The average Bonchev–Trinajstić information content (AvgIpc) is 3.11. The summed E-state index contributed by atoms with van der Waals surface area (Å²) in [4.78, 5) is 0. The van der Waals surface area contributed by atoms with Crippen LogP contribution in [0.4, 0.5) is 0 Å². The van der Waals surface area contributed by atoms with E-state index in [4.69, 9.17) is 4.74 Å². The Morgan fingerprint density at radius 3 is 2.52 bits per heavy atom. The monoisotopic (exact) mass is 285 g/mol. The molecule has 0 radical (unpaired) electrons. The van der Waals surface area contributed by atoms with Crippen molar-refractivity contribution in [3.05, 3.63) is 47.3 Å². The molecule has 0 fully saturated rings. The molecule has 1 aliphatic rings. The van der Waals surface area contributed by atoms with Crippen LogP contribution in [0, 0.1) is 5.92 Å². The van der Waals surface area contributed by atoms with E-state index in [1.165, 1.54) is 16.8 Å². The first-order chi connectivity index (χ1) is 10.3. The van der Waals surface area contributed by atoms with Gasteiger partial charge in [0.05, 0.1) is 25.0 Å². The summed E-state index contributed by atoms with van der Waals surface area (Å²) in [5.41, 5.74) is 4.12. The molecular weight excluding hydrogens is 262 g/mol. The summed E-state index contributed by atoms with van der Waals surface area (Å²) < 4.78 is 7.57. The molecule has 1 unspecified atom stereocenters. The Morgan fingerprint density at radius 2 is 2.00 bits per heavy atom. The van der Waals surface area contributed by atoms with E-state index in [9.17, 15) is 0 Å². The van der Waals surface area contributed by atoms with E-state index in [1.807, 2.05) is 17.9 Å². The Labute approximate surface area is 126 Å². The molecule has 0 aliphatic heterocycles. The first kappa shape index (κ1) is 14.1. The highest BCUT2D eigenvalue weighted by Crippen LogP contribution is 2.38. The summed E-state index contributed by atoms with van der Waals surface area (Å²) in [6.45, 7) is 2.97. The van der Waals surface area contributed by atoms with Crippen molar-refractivity contribution in [2.45, 2.75) is 32.4 Å². The van der Waals surface area contributed by atoms with Crippen LogP contribution in [0.3, 0.4) is 0 Å². The van der Waals surface area contributed by atoms with E-state index in [-0.39, 0.29) is 6.04 Å². The summed E-state index contributed by atoms with van der Waals surface area (Å²) >= 11 is 0. The van der Waals surface area contributed by atoms with Crippen LogP contribution < -0.4 is 10.1 Å². The number of benzene rings is 1. The number of methoxy groups -OCH3 is 1. The minimum Gasteiger partial charge on any atom is -0.493 e. The fourth-order valence-corrected chi connectivity index (χ4v) is 3.53. The molecule has 1 aromatic carbocycles. The number of hydrogen-bond donors (Lipinski definition) is 1. The molecule has 0 amide bonds. The van der Waals surface area contributed by atoms with Gasteiger partial charge in [0.1, 0.15) is 0 Å². The molecule has 112 valence electrons. The number of rotatable bonds is 5. The van der Waals surface area contributed by atoms with Crippen molar-refractivity contribution >= 4 is 0 Å². The van der Waals surface area contributed by atoms with Gasteiger partial charge in [-0.2, -0.15) is 5.10 Å². The Bertz CT molecular complexity index is 574. The second kappa shape index (κ2) is 5.90. The molecule has 1 atom stereocenters. The van der Waals surface area contributed by atoms with E-state index >= 15 is 0 Å². The van der Waals surface area contributed by atoms with Crippen LogP contribution in [0.1, 0.15) is 29.8 Å². The predicted octanol–water partition coefficient (Wildman–Crippen LogP) is 2.59. The maximum atomic E-state index is 5.52. The summed E-state index contributed by atoms with van der Waals surface area (Å²) in [6.07, 6.45) is 4.05. The van der Waals surface area contributed by atoms with Gasteiger partial charge in [0, 0.05) is 6.54 Å². The fraction of sp³-hybridized carbons (Fsp3) is 0.471. The van der Waals surface area contributed by atoms with Crippen molar-refractivity contribution in [3.63, 3.8) is 0 Å². The molecule has 1 aliphatic carbocycles. The molecule has 1 aromatic heterocycles. The molecular formula is C17H23N3O. The molecule has 4 heteroatoms. The van der Waals surface area contributed by atoms with Crippen LogP contribution in [0.5, 0.6) is 5.75 Å². The van der Waals surface area contributed by atoms with Crippen molar-refractivity contribution in [1.29, 1.82) is 0 Å². The van der Waals surface area contributed by atoms with Crippen molar-refractivity contribution in [2.75, 3.05) is 14.2 Å². The summed E-state index contributed by atoms with van der Waals surface area (Å²) in [5.74, 6) is 1.43. The zero-order valence-electron chi connectivity index (χ0n) is 13.0. The highest BCUT2D eigenvalue weighted by Gasteiger charge is 2.32. The standard InChI is InChI=1S/C17H23N3O/c1-4-20-17(15(21-3)11-19-20)16(18-2)14-9-12-7-5-6-8-13(12)10-14/h5-8,11,14,16,18H,4,9-10H2,1-3H3. The SMILES string of the molecule is CCn1ncc(OC)c1C(NC)C1Cc2ccccc2C1. The van der Waals surface area contributed by atoms with Crippen LogP contribution >= 0.6 is 0 Å². The van der Waals surface area contributed by atoms with Crippen LogP contribution in [-0.4, -0.2) is 23.9 Å². The topological polar surface area (TPSA) is 39.1 Å². The molecule has 21 heavy (non-hydrogen) atoms. The maximum Gasteiger partial charge on any atom is 0.161 e. The zero-order valence-corrected chi connectivity index (χ0v) is 13.0. The quantitative estimate of drug-likeness (QED) is 0.918. The molecule has 0 bridgehead atoms. The fourth-order valence-electron chi connectivity index (χ4n) is 3.53. The van der Waals surface area contributed by atoms with Crippen LogP contribution in [-0.2, 0) is 19.4 Å². The van der Waals surface area contributed by atoms with Gasteiger partial charge in [-0.05, 0) is 43.9 Å². The third kappa shape index (κ3) is 2.44. The number of ether oxygens (including phenoxy) is 1. The van der Waals surface area contributed by atoms with Gasteiger partial charge in [-0.15, -0.1) is 0 Å². The molecule has 1 N–H and O–H groups in total. The van der Waals surface area contributed by atoms with Gasteiger partial charge >= 0.3 is 0 Å². The number of nitrogens with zero attached hydrogens (tertiary/aromatic N) is 2. The van der Waals surface area contributed by atoms with Crippen molar-refractivity contribution in [1.82, 2.24) is 15.1 Å². The van der Waals surface area contributed by atoms with Crippen molar-refractivity contribution in [2.24, 2.45) is 5.92 Å². The zero-order chi connectivity index (χ0) is 14.8. The highest BCUT2D eigenvalue weighted by molar-refractivity contribution is 5.36. The second-order valence-electron chi connectivity index (χ2n) is 5.62. The molecule has 0 saturated carbocycles. The van der Waals surface area contributed by atoms with Crippen LogP contribution in [0.15, 0.2) is 30.5 Å². The number of aromatic nitrogens is 2. The summed E-state index contributed by atoms with van der Waals surface area (Å²) in [6, 6.07) is 9.01. The minimum atomic E-state index is 0.259. The Hall–Kier alpha value is -1.81. The molecule has 2 aromatic rings. The number of hydrogen-bond acceptors (Lipinski definition) is 3. The lowest BCUT2D eigenvalue weighted by Gasteiger charge is -2.24. The highest BCUT2D eigenvalue weighted by atomic mass is 16.5. The molecule has 4 nitrogen and oxygen atoms in total. The van der Waals surface area contributed by atoms with Gasteiger partial charge in [0.2, 0.25) is 0 Å². The van der Waals surface area contributed by atoms with E-state index in [0.29, 0.717) is 5.92 Å². The largest absolute Gasteiger partial charge is 0.493 e. The number of aryl methyl sites for hydroxylation is 1. The number of nitrogens with one attached hydrogen (secondary N) is 1. The lowest BCUT2D eigenvalue weighted by atomic mass is 9.93. The Kier molecular flexibility index (Phi) is 3.97. The maximum absolute atomic E-state index is 5.52. The Balaban J connectivity index is 1.92. The van der Waals surface area contributed by atoms with Gasteiger partial charge in [-0.1, -0.05) is 24.3 Å². The van der Waals surface area contributed by atoms with Gasteiger partial charge < -0.3 is 10.1 Å². The lowest BCUT2D eigenvalue weighted by molar-refractivity contribution is 0.345. The first-order valence-electron chi connectivity index (χ1n) is 7.62. The van der Waals surface area contributed by atoms with E-state index in [0.717, 1.165) is 25.1 Å². The normalized spacial score (nSPS) is 16.0. The summed E-state index contributed by atoms with van der Waals surface area (Å²) in [5, 5.41) is 7.94. The smallest absolute Gasteiger partial charge is 0.161 e. The van der Waals surface area contributed by atoms with Crippen LogP contribution in [0.25, 0.3) is 0 Å². The second-order valence-corrected chi connectivity index (χ2v) is 5.62. The van der Waals surface area contributed by atoms with E-state index in [1.54, 1.807) is 7.11 Å². The molecule has 3 rings (SSSR count). The lowest BCUT2D eigenvalue weighted by Crippen LogP contribution is -2.28. The third-order valence-corrected chi connectivity index (χ3v) is 4.52. The van der Waals surface area contributed by atoms with E-state index < -0.39 is 0 Å². The van der Waals surface area contributed by atoms with Gasteiger partial charge in [-0.25, -0.2) is 0 Å². The van der Waals surface area contributed by atoms with Gasteiger partial charge in [0.15, 0.2) is 5.75 Å². The molecule has 0 saturated heterocycles. The Morgan fingerprint density at radius 1 is 1.33 bits per heavy atom. The molecule has 1 heterocycles. The van der Waals surface area contributed by atoms with Gasteiger partial charge in [-0.3, -0.25) is 4.68 Å². The number of fused-ring (bicyclic) bond motifs is 1. The summed E-state index contributed by atoms with van der Waals surface area (Å²) in [7, 11) is 3.75. The molecule has 0 spiro atoms. The van der Waals surface area contributed by atoms with Crippen LogP contribution in [0.2, 0.25) is 0 Å². The first-order valence-corrected chi connectivity index (χ1v) is 7.62. The predicted molar refractivity (Wildman–Crippen MR) is 83.6 cm³/mol. The van der Waals surface area contributed by atoms with Gasteiger partial charge in [0.25, 0.3) is 0 Å². The average molecular weight is 285 g/mol. The third-order valence-electron chi connectivity index (χ3n) is 4.52. The van der Waals surface area contributed by atoms with E-state index in [2.05, 4.69) is 41.6 Å². The van der Waals surface area contributed by atoms with Crippen molar-refractivity contribution < 1.29 is 4.74 Å².